The van der Waals surface area contributed by atoms with Crippen molar-refractivity contribution >= 4 is 43.7 Å². The van der Waals surface area contributed by atoms with E-state index in [9.17, 15) is 9.60 Å². The Labute approximate surface area is 313 Å². The van der Waals surface area contributed by atoms with Crippen molar-refractivity contribution in [1.82, 2.24) is 19.5 Å². The summed E-state index contributed by atoms with van der Waals surface area (Å²) in [6.07, 6.45) is 0. The van der Waals surface area contributed by atoms with Crippen molar-refractivity contribution in [3.05, 3.63) is 169 Å². The lowest BCUT2D eigenvalue weighted by Gasteiger charge is -2.13. The molecule has 0 saturated heterocycles. The molecule has 0 spiro atoms. The number of hydrogen-bond donors (Lipinski definition) is 0. The number of nitrogens with zero attached hydrogens (tertiary/aromatic N) is 4. The number of furan rings is 1. The van der Waals surface area contributed by atoms with Gasteiger partial charge in [0, 0.05) is 43.9 Å². The first-order chi connectivity index (χ1) is 32.3. The van der Waals surface area contributed by atoms with Gasteiger partial charge in [0.25, 0.3) is 0 Å². The molecule has 10 rings (SSSR count). The van der Waals surface area contributed by atoms with Gasteiger partial charge in [0.2, 0.25) is 0 Å². The zero-order valence-corrected chi connectivity index (χ0v) is 25.5. The van der Waals surface area contributed by atoms with E-state index in [0.717, 1.165) is 4.57 Å². The SMILES string of the molecule is [2H]c1c([2H])c([2H])c(-c2c([2H])c([2H])c([2H])c3oc4c([2H])c([2H])c(-n5c6c([2H])c([2H])c([2H])c([2H])c6c6c([2H])c([2H])c([2H])c(-c7nc(-c8ccccc8)nc(-c8ccccc8)n7)c65)c([2H])c4c23)c([2H])c1[2H]. The molecule has 0 amide bonds. The van der Waals surface area contributed by atoms with Gasteiger partial charge < -0.3 is 8.98 Å². The summed E-state index contributed by atoms with van der Waals surface area (Å²) in [7, 11) is 0. The summed E-state index contributed by atoms with van der Waals surface area (Å²) in [4.78, 5) is 14.3. The van der Waals surface area contributed by atoms with Crippen LogP contribution < -0.4 is 0 Å². The summed E-state index contributed by atoms with van der Waals surface area (Å²) in [5.41, 5.74) is -2.89. The summed E-state index contributed by atoms with van der Waals surface area (Å²) >= 11 is 0. The number of aromatic nitrogens is 4. The highest BCUT2D eigenvalue weighted by Gasteiger charge is 2.21. The third-order valence-electron chi connectivity index (χ3n) is 8.17. The average Bonchev–Trinajstić information content (AvgIpc) is 3.91. The second-order valence-electron chi connectivity index (χ2n) is 11.1. The lowest BCUT2D eigenvalue weighted by atomic mass is 9.99. The van der Waals surface area contributed by atoms with E-state index in [4.69, 9.17) is 34.4 Å². The van der Waals surface area contributed by atoms with Crippen LogP contribution in [0.1, 0.15) is 24.7 Å². The highest BCUT2D eigenvalue weighted by Crippen LogP contribution is 2.41. The highest BCUT2D eigenvalue weighted by molar-refractivity contribution is 6.15. The van der Waals surface area contributed by atoms with Crippen molar-refractivity contribution < 1.29 is 29.1 Å². The van der Waals surface area contributed by atoms with Gasteiger partial charge in [0.1, 0.15) is 11.2 Å². The largest absolute Gasteiger partial charge is 0.456 e. The maximum absolute atomic E-state index is 10.0. The Bertz CT molecular complexity index is 3810. The molecule has 0 unspecified atom stereocenters. The molecule has 50 heavy (non-hydrogen) atoms. The van der Waals surface area contributed by atoms with E-state index in [-0.39, 0.29) is 39.3 Å². The van der Waals surface area contributed by atoms with Gasteiger partial charge in [0.05, 0.1) is 35.7 Å². The molecular formula is C45H28N4O. The van der Waals surface area contributed by atoms with Crippen molar-refractivity contribution in [3.8, 4) is 51.0 Å². The van der Waals surface area contributed by atoms with E-state index in [1.165, 1.54) is 0 Å². The Kier molecular flexibility index (Phi) is 3.55. The first-order valence-corrected chi connectivity index (χ1v) is 15.2. The van der Waals surface area contributed by atoms with Crippen LogP contribution in [-0.4, -0.2) is 19.5 Å². The quantitative estimate of drug-likeness (QED) is 0.185. The summed E-state index contributed by atoms with van der Waals surface area (Å²) in [5.74, 6) is -0.0729. The van der Waals surface area contributed by atoms with Crippen molar-refractivity contribution in [1.29, 1.82) is 0 Å². The summed E-state index contributed by atoms with van der Waals surface area (Å²) in [5, 5.41) is -1.52. The van der Waals surface area contributed by atoms with Crippen LogP contribution in [0.5, 0.6) is 0 Å². The minimum atomic E-state index is -0.814. The van der Waals surface area contributed by atoms with Gasteiger partial charge >= 0.3 is 0 Å². The van der Waals surface area contributed by atoms with Crippen molar-refractivity contribution in [3.63, 3.8) is 0 Å². The summed E-state index contributed by atoms with van der Waals surface area (Å²) in [6, 6.07) is 3.82. The first-order valence-electron chi connectivity index (χ1n) is 24.2. The molecule has 0 saturated carbocycles. The van der Waals surface area contributed by atoms with Gasteiger partial charge in [-0.2, -0.15) is 0 Å². The van der Waals surface area contributed by atoms with E-state index < -0.39 is 153 Å². The van der Waals surface area contributed by atoms with Gasteiger partial charge in [0.15, 0.2) is 17.5 Å². The van der Waals surface area contributed by atoms with Crippen LogP contribution in [0, 0.1) is 0 Å². The first kappa shape index (κ1) is 15.6. The van der Waals surface area contributed by atoms with E-state index in [2.05, 4.69) is 0 Å². The third-order valence-corrected chi connectivity index (χ3v) is 8.17. The Morgan fingerprint density at radius 1 is 0.480 bits per heavy atom. The monoisotopic (exact) mass is 658 g/mol. The molecule has 7 aromatic carbocycles. The van der Waals surface area contributed by atoms with Crippen LogP contribution in [0.15, 0.2) is 174 Å². The Hall–Kier alpha value is -6.85. The molecule has 0 bridgehead atoms. The second-order valence-corrected chi connectivity index (χ2v) is 11.1. The number of benzene rings is 7. The molecule has 0 aliphatic rings. The highest BCUT2D eigenvalue weighted by atomic mass is 16.3. The van der Waals surface area contributed by atoms with Crippen molar-refractivity contribution in [2.24, 2.45) is 0 Å². The standard InChI is InChI=1S/C45H28N4O/c1-4-14-29(15-5-1)33-21-13-25-40-41(33)37-28-32(26-27-39(37)50-40)49-38-24-11-10-20-34(38)35-22-12-23-36(42(35)49)45-47-43(30-16-6-2-7-17-30)46-44(48-45)31-18-8-3-9-19-31/h1-28H/i1D,4D,5D,10D,11D,12D,13D,14D,15D,20D,21D,22D,23D,24D,25D,26D,27D,28D. The molecule has 0 N–H and O–H groups in total. The molecule has 5 heteroatoms. The van der Waals surface area contributed by atoms with Gasteiger partial charge in [-0.15, -0.1) is 0 Å². The minimum absolute atomic E-state index is 0.101. The maximum Gasteiger partial charge on any atom is 0.166 e. The van der Waals surface area contributed by atoms with Gasteiger partial charge in [-0.05, 0) is 47.4 Å². The number of fused-ring (bicyclic) bond motifs is 6. The molecule has 0 atom stereocenters. The maximum atomic E-state index is 10.0. The fourth-order valence-electron chi connectivity index (χ4n) is 5.99. The normalized spacial score (nSPS) is 16.6. The molecule has 5 nitrogen and oxygen atoms in total. The fraction of sp³-hybridized carbons (Fsp3) is 0. The Balaban J connectivity index is 1.46. The molecule has 10 aromatic rings. The molecule has 0 fully saturated rings. The minimum Gasteiger partial charge on any atom is -0.456 e. The van der Waals surface area contributed by atoms with Gasteiger partial charge in [-0.1, -0.05) is 133 Å². The Morgan fingerprint density at radius 2 is 1.12 bits per heavy atom. The third kappa shape index (κ3) is 4.52. The second kappa shape index (κ2) is 11.4. The molecule has 0 radical (unpaired) electrons. The number of rotatable bonds is 5. The van der Waals surface area contributed by atoms with Crippen LogP contribution in [0.3, 0.4) is 0 Å². The van der Waals surface area contributed by atoms with Crippen molar-refractivity contribution in [2.75, 3.05) is 0 Å². The zero-order valence-electron chi connectivity index (χ0n) is 43.5. The van der Waals surface area contributed by atoms with E-state index >= 15 is 0 Å². The topological polar surface area (TPSA) is 56.7 Å². The number of hydrogen-bond acceptors (Lipinski definition) is 4. The molecule has 0 aliphatic heterocycles. The molecule has 234 valence electrons. The summed E-state index contributed by atoms with van der Waals surface area (Å²) < 4.78 is 169. The van der Waals surface area contributed by atoms with E-state index in [1.54, 1.807) is 60.7 Å². The smallest absolute Gasteiger partial charge is 0.166 e. The lowest BCUT2D eigenvalue weighted by Crippen LogP contribution is -2.02. The molecule has 0 aliphatic carbocycles. The van der Waals surface area contributed by atoms with Crippen molar-refractivity contribution in [2.45, 2.75) is 0 Å². The zero-order chi connectivity index (χ0) is 48.7. The number of para-hydroxylation sites is 2. The Morgan fingerprint density at radius 3 is 1.88 bits per heavy atom. The van der Waals surface area contributed by atoms with Crippen LogP contribution >= 0.6 is 0 Å². The fourth-order valence-corrected chi connectivity index (χ4v) is 5.99. The van der Waals surface area contributed by atoms with E-state index in [0.29, 0.717) is 11.1 Å². The lowest BCUT2D eigenvalue weighted by molar-refractivity contribution is 0.669. The van der Waals surface area contributed by atoms with Crippen LogP contribution in [0.2, 0.25) is 0 Å². The predicted molar refractivity (Wildman–Crippen MR) is 203 cm³/mol. The summed E-state index contributed by atoms with van der Waals surface area (Å²) in [6.45, 7) is 0. The molecule has 3 aromatic heterocycles. The van der Waals surface area contributed by atoms with Crippen LogP contribution in [-0.2, 0) is 0 Å². The molecular weight excluding hydrogens is 613 g/mol. The van der Waals surface area contributed by atoms with Gasteiger partial charge in [-0.25, -0.2) is 15.0 Å². The van der Waals surface area contributed by atoms with Crippen LogP contribution in [0.25, 0.3) is 94.7 Å². The molecule has 3 heterocycles. The average molecular weight is 659 g/mol. The van der Waals surface area contributed by atoms with Crippen LogP contribution in [0.4, 0.5) is 0 Å². The van der Waals surface area contributed by atoms with Gasteiger partial charge in [-0.3, -0.25) is 0 Å². The van der Waals surface area contributed by atoms with E-state index in [1.807, 2.05) is 0 Å². The predicted octanol–water partition coefficient (Wildman–Crippen LogP) is 11.5.